The molecule has 2 aromatic heterocycles. The molecule has 2 heterocycles. The van der Waals surface area contributed by atoms with Crippen molar-refractivity contribution in [3.8, 4) is 0 Å². The van der Waals surface area contributed by atoms with Crippen molar-refractivity contribution in [1.29, 1.82) is 0 Å². The van der Waals surface area contributed by atoms with Crippen LogP contribution in [0.25, 0.3) is 0 Å². The molecule has 0 aliphatic carbocycles. The van der Waals surface area contributed by atoms with E-state index in [-0.39, 0.29) is 5.78 Å². The molecular weight excluding hydrogens is 234 g/mol. The van der Waals surface area contributed by atoms with Gasteiger partial charge in [-0.15, -0.1) is 11.3 Å². The quantitative estimate of drug-likeness (QED) is 0.819. The Morgan fingerprint density at radius 3 is 2.76 bits per heavy atom. The Kier molecular flexibility index (Phi) is 3.95. The van der Waals surface area contributed by atoms with E-state index in [0.29, 0.717) is 18.9 Å². The molecule has 0 aliphatic rings. The lowest BCUT2D eigenvalue weighted by atomic mass is 10.3. The second-order valence-electron chi connectivity index (χ2n) is 3.60. The van der Waals surface area contributed by atoms with Gasteiger partial charge in [0.05, 0.1) is 18.0 Å². The number of ketones is 1. The van der Waals surface area contributed by atoms with Gasteiger partial charge in [-0.3, -0.25) is 4.79 Å². The number of hydrogen-bond donors (Lipinski definition) is 1. The van der Waals surface area contributed by atoms with E-state index in [1.54, 1.807) is 18.5 Å². The highest BCUT2D eigenvalue weighted by Gasteiger charge is 2.07. The minimum Gasteiger partial charge on any atom is -0.303 e. The van der Waals surface area contributed by atoms with E-state index in [4.69, 9.17) is 0 Å². The van der Waals surface area contributed by atoms with Crippen molar-refractivity contribution in [2.75, 3.05) is 6.54 Å². The van der Waals surface area contributed by atoms with Crippen molar-refractivity contribution in [2.24, 2.45) is 0 Å². The number of carbonyl (C=O) groups excluding carboxylic acids is 1. The van der Waals surface area contributed by atoms with Gasteiger partial charge in [0, 0.05) is 17.3 Å². The number of nitrogens with zero attached hydrogens (tertiary/aromatic N) is 2. The summed E-state index contributed by atoms with van der Waals surface area (Å²) in [5.74, 6) is 0.807. The molecule has 0 fully saturated rings. The lowest BCUT2D eigenvalue weighted by molar-refractivity contribution is 0.0994. The van der Waals surface area contributed by atoms with Crippen LogP contribution in [0.1, 0.15) is 20.4 Å². The molecule has 5 heteroatoms. The van der Waals surface area contributed by atoms with Gasteiger partial charge in [-0.2, -0.15) is 0 Å². The van der Waals surface area contributed by atoms with Crippen LogP contribution in [0.5, 0.6) is 0 Å². The minimum absolute atomic E-state index is 0.110. The van der Waals surface area contributed by atoms with Gasteiger partial charge in [0.1, 0.15) is 5.82 Å². The Morgan fingerprint density at radius 1 is 1.35 bits per heavy atom. The molecule has 0 radical (unpaired) electrons. The first-order chi connectivity index (χ1) is 8.25. The van der Waals surface area contributed by atoms with Crippen LogP contribution < -0.4 is 5.32 Å². The molecule has 0 bridgehead atoms. The molecule has 4 nitrogen and oxygen atoms in total. The van der Waals surface area contributed by atoms with Crippen LogP contribution >= 0.6 is 11.3 Å². The van der Waals surface area contributed by atoms with Crippen LogP contribution in [-0.4, -0.2) is 22.3 Å². The predicted octanol–water partition coefficient (Wildman–Crippen LogP) is 1.82. The van der Waals surface area contributed by atoms with E-state index in [1.807, 2.05) is 19.1 Å². The summed E-state index contributed by atoms with van der Waals surface area (Å²) in [7, 11) is 0. The average Bonchev–Trinajstić information content (AvgIpc) is 2.77. The van der Waals surface area contributed by atoms with Gasteiger partial charge in [-0.1, -0.05) is 0 Å². The third kappa shape index (κ3) is 3.44. The summed E-state index contributed by atoms with van der Waals surface area (Å²) in [5.41, 5.74) is 0. The molecule has 1 N–H and O–H groups in total. The molecule has 17 heavy (non-hydrogen) atoms. The van der Waals surface area contributed by atoms with E-state index in [0.717, 1.165) is 9.75 Å². The molecule has 0 saturated heterocycles. The summed E-state index contributed by atoms with van der Waals surface area (Å²) < 4.78 is 0. The summed E-state index contributed by atoms with van der Waals surface area (Å²) in [5, 5.41) is 3.04. The van der Waals surface area contributed by atoms with Gasteiger partial charge >= 0.3 is 0 Å². The summed E-state index contributed by atoms with van der Waals surface area (Å²) in [6.07, 6.45) is 3.38. The first-order valence-corrected chi connectivity index (χ1v) is 6.13. The highest BCUT2D eigenvalue weighted by molar-refractivity contribution is 7.14. The topological polar surface area (TPSA) is 54.9 Å². The zero-order valence-corrected chi connectivity index (χ0v) is 10.3. The zero-order chi connectivity index (χ0) is 12.1. The van der Waals surface area contributed by atoms with Gasteiger partial charge < -0.3 is 5.32 Å². The van der Waals surface area contributed by atoms with Crippen LogP contribution in [0, 0.1) is 6.92 Å². The maximum Gasteiger partial charge on any atom is 0.186 e. The molecule has 88 valence electrons. The lowest BCUT2D eigenvalue weighted by Crippen LogP contribution is -2.22. The first kappa shape index (κ1) is 11.9. The molecule has 2 rings (SSSR count). The summed E-state index contributed by atoms with van der Waals surface area (Å²) in [4.78, 5) is 21.8. The molecule has 0 amide bonds. The molecule has 0 atom stereocenters. The van der Waals surface area contributed by atoms with Gasteiger partial charge in [-0.05, 0) is 25.1 Å². The second kappa shape index (κ2) is 5.65. The molecule has 0 saturated carbocycles. The zero-order valence-electron chi connectivity index (χ0n) is 9.51. The SMILES string of the molecule is Cc1ccc(C(=O)CNCc2ncccn2)s1. The number of aromatic nitrogens is 2. The maximum atomic E-state index is 11.8. The predicted molar refractivity (Wildman–Crippen MR) is 67.1 cm³/mol. The van der Waals surface area contributed by atoms with Crippen LogP contribution in [-0.2, 0) is 6.54 Å². The molecule has 0 aliphatic heterocycles. The first-order valence-electron chi connectivity index (χ1n) is 5.32. The smallest absolute Gasteiger partial charge is 0.186 e. The Hall–Kier alpha value is -1.59. The Labute approximate surface area is 104 Å². The Morgan fingerprint density at radius 2 is 2.12 bits per heavy atom. The third-order valence-corrected chi connectivity index (χ3v) is 3.24. The lowest BCUT2D eigenvalue weighted by Gasteiger charge is -2.01. The number of aryl methyl sites for hydroxylation is 1. The van der Waals surface area contributed by atoms with Crippen molar-refractivity contribution >= 4 is 17.1 Å². The van der Waals surface area contributed by atoms with E-state index < -0.39 is 0 Å². The number of carbonyl (C=O) groups is 1. The maximum absolute atomic E-state index is 11.8. The van der Waals surface area contributed by atoms with Gasteiger partial charge in [0.25, 0.3) is 0 Å². The standard InChI is InChI=1S/C12H13N3OS/c1-9-3-4-11(17-9)10(16)7-13-8-12-14-5-2-6-15-12/h2-6,13H,7-8H2,1H3. The minimum atomic E-state index is 0.110. The van der Waals surface area contributed by atoms with Crippen molar-refractivity contribution in [3.63, 3.8) is 0 Å². The fourth-order valence-electron chi connectivity index (χ4n) is 1.38. The van der Waals surface area contributed by atoms with Crippen LogP contribution in [0.4, 0.5) is 0 Å². The van der Waals surface area contributed by atoms with Crippen molar-refractivity contribution in [2.45, 2.75) is 13.5 Å². The largest absolute Gasteiger partial charge is 0.303 e. The van der Waals surface area contributed by atoms with Crippen molar-refractivity contribution in [3.05, 3.63) is 46.2 Å². The average molecular weight is 247 g/mol. The van der Waals surface area contributed by atoms with Gasteiger partial charge in [0.2, 0.25) is 0 Å². The van der Waals surface area contributed by atoms with E-state index in [2.05, 4.69) is 15.3 Å². The van der Waals surface area contributed by atoms with E-state index in [1.165, 1.54) is 11.3 Å². The third-order valence-electron chi connectivity index (χ3n) is 2.20. The summed E-state index contributed by atoms with van der Waals surface area (Å²) in [6.45, 7) is 2.82. The monoisotopic (exact) mass is 247 g/mol. The fourth-order valence-corrected chi connectivity index (χ4v) is 2.19. The number of rotatable bonds is 5. The summed E-state index contributed by atoms with van der Waals surface area (Å²) >= 11 is 1.52. The van der Waals surface area contributed by atoms with E-state index >= 15 is 0 Å². The molecule has 0 unspecified atom stereocenters. The summed E-state index contributed by atoms with van der Waals surface area (Å²) in [6, 6.07) is 5.59. The Balaban J connectivity index is 1.81. The van der Waals surface area contributed by atoms with Gasteiger partial charge in [-0.25, -0.2) is 9.97 Å². The molecule has 0 aromatic carbocycles. The normalized spacial score (nSPS) is 10.4. The van der Waals surface area contributed by atoms with Gasteiger partial charge in [0.15, 0.2) is 5.78 Å². The number of thiophene rings is 1. The van der Waals surface area contributed by atoms with Crippen LogP contribution in [0.3, 0.4) is 0 Å². The number of nitrogens with one attached hydrogen (secondary N) is 1. The highest BCUT2D eigenvalue weighted by Crippen LogP contribution is 2.15. The highest BCUT2D eigenvalue weighted by atomic mass is 32.1. The van der Waals surface area contributed by atoms with E-state index in [9.17, 15) is 4.79 Å². The number of hydrogen-bond acceptors (Lipinski definition) is 5. The number of Topliss-reactive ketones (excluding diaryl/α,β-unsaturated/α-hetero) is 1. The van der Waals surface area contributed by atoms with Crippen molar-refractivity contribution < 1.29 is 4.79 Å². The molecule has 2 aromatic rings. The van der Waals surface area contributed by atoms with Crippen LogP contribution in [0.15, 0.2) is 30.6 Å². The van der Waals surface area contributed by atoms with Crippen LogP contribution in [0.2, 0.25) is 0 Å². The Bertz CT molecular complexity index is 495. The fraction of sp³-hybridized carbons (Fsp3) is 0.250. The molecular formula is C12H13N3OS. The molecule has 0 spiro atoms. The second-order valence-corrected chi connectivity index (χ2v) is 4.89. The van der Waals surface area contributed by atoms with Crippen molar-refractivity contribution in [1.82, 2.24) is 15.3 Å².